The van der Waals surface area contributed by atoms with Gasteiger partial charge in [0.15, 0.2) is 6.10 Å². The molecule has 0 fully saturated rings. The van der Waals surface area contributed by atoms with Crippen molar-refractivity contribution in [1.82, 2.24) is 0 Å². The molecule has 4 N–H and O–H groups in total. The normalized spacial score (nSPS) is 23.9. The van der Waals surface area contributed by atoms with Crippen LogP contribution in [0.15, 0.2) is 23.3 Å². The van der Waals surface area contributed by atoms with Crippen molar-refractivity contribution in [2.75, 3.05) is 0 Å². The van der Waals surface area contributed by atoms with Crippen LogP contribution in [-0.2, 0) is 9.59 Å². The molecule has 1 aliphatic rings. The molecule has 20 heavy (non-hydrogen) atoms. The van der Waals surface area contributed by atoms with Gasteiger partial charge in [0.05, 0.1) is 0 Å². The maximum Gasteiger partial charge on any atom is 0.343 e. The molecule has 0 aromatic heterocycles. The highest BCUT2D eigenvalue weighted by Gasteiger charge is 2.52. The van der Waals surface area contributed by atoms with Gasteiger partial charge in [-0.3, -0.25) is 0 Å². The highest BCUT2D eigenvalue weighted by Crippen LogP contribution is 2.39. The molecule has 0 amide bonds. The fourth-order valence-electron chi connectivity index (χ4n) is 2.56. The van der Waals surface area contributed by atoms with E-state index in [1.54, 1.807) is 13.8 Å². The van der Waals surface area contributed by atoms with Crippen LogP contribution in [0, 0.1) is 5.92 Å². The second kappa shape index (κ2) is 5.76. The van der Waals surface area contributed by atoms with E-state index in [1.165, 1.54) is 0 Å². The molecule has 0 saturated heterocycles. The quantitative estimate of drug-likeness (QED) is 0.558. The average Bonchev–Trinajstić information content (AvgIpc) is 2.36. The maximum absolute atomic E-state index is 11.4. The first-order valence-corrected chi connectivity index (χ1v) is 6.33. The van der Waals surface area contributed by atoms with Gasteiger partial charge in [0.1, 0.15) is 0 Å². The molecule has 0 saturated carbocycles. The predicted octanol–water partition coefficient (Wildman–Crippen LogP) is 0.940. The fraction of sp³-hybridized carbons (Fsp3) is 0.571. The van der Waals surface area contributed by atoms with Crippen molar-refractivity contribution in [3.05, 3.63) is 23.3 Å². The lowest BCUT2D eigenvalue weighted by molar-refractivity contribution is -0.178. The van der Waals surface area contributed by atoms with Gasteiger partial charge in [-0.25, -0.2) is 9.59 Å². The molecule has 0 aromatic carbocycles. The smallest absolute Gasteiger partial charge is 0.343 e. The Balaban J connectivity index is 3.30. The van der Waals surface area contributed by atoms with E-state index in [4.69, 9.17) is 5.11 Å². The van der Waals surface area contributed by atoms with Crippen LogP contribution in [0.2, 0.25) is 0 Å². The van der Waals surface area contributed by atoms with Gasteiger partial charge < -0.3 is 20.4 Å². The van der Waals surface area contributed by atoms with Gasteiger partial charge in [-0.15, -0.1) is 0 Å². The summed E-state index contributed by atoms with van der Waals surface area (Å²) in [7, 11) is 0. The van der Waals surface area contributed by atoms with Crippen LogP contribution in [0.1, 0.15) is 33.1 Å². The van der Waals surface area contributed by atoms with E-state index >= 15 is 0 Å². The lowest BCUT2D eigenvalue weighted by atomic mass is 9.73. The van der Waals surface area contributed by atoms with Gasteiger partial charge in [-0.2, -0.15) is 0 Å². The molecular formula is C14H20O6. The third-order valence-electron chi connectivity index (χ3n) is 3.95. The lowest BCUT2D eigenvalue weighted by Gasteiger charge is -2.36. The van der Waals surface area contributed by atoms with Crippen LogP contribution in [0.25, 0.3) is 0 Å². The van der Waals surface area contributed by atoms with Crippen molar-refractivity contribution >= 4 is 11.9 Å². The number of aliphatic hydroxyl groups is 2. The highest BCUT2D eigenvalue weighted by molar-refractivity contribution is 5.90. The Morgan fingerprint density at radius 3 is 2.35 bits per heavy atom. The summed E-state index contributed by atoms with van der Waals surface area (Å²) in [5.74, 6) is -3.56. The number of rotatable bonds is 5. The van der Waals surface area contributed by atoms with Crippen molar-refractivity contribution in [3.63, 3.8) is 0 Å². The monoisotopic (exact) mass is 284 g/mol. The summed E-state index contributed by atoms with van der Waals surface area (Å²) in [5, 5.41) is 38.0. The maximum atomic E-state index is 11.4. The third-order valence-corrected chi connectivity index (χ3v) is 3.95. The van der Waals surface area contributed by atoms with Crippen molar-refractivity contribution < 1.29 is 30.0 Å². The number of carboxylic acid groups (broad SMARTS) is 2. The van der Waals surface area contributed by atoms with Gasteiger partial charge in [0.25, 0.3) is 0 Å². The summed E-state index contributed by atoms with van der Waals surface area (Å²) in [5.41, 5.74) is -1.29. The molecule has 0 heterocycles. The van der Waals surface area contributed by atoms with E-state index in [1.807, 2.05) is 0 Å². The van der Waals surface area contributed by atoms with Crippen LogP contribution in [0.3, 0.4) is 0 Å². The summed E-state index contributed by atoms with van der Waals surface area (Å²) < 4.78 is 0. The molecule has 1 aliphatic carbocycles. The molecule has 112 valence electrons. The minimum absolute atomic E-state index is 0.0273. The van der Waals surface area contributed by atoms with E-state index in [2.05, 4.69) is 6.58 Å². The molecule has 0 radical (unpaired) electrons. The fourth-order valence-corrected chi connectivity index (χ4v) is 2.56. The Morgan fingerprint density at radius 2 is 1.95 bits per heavy atom. The third kappa shape index (κ3) is 2.76. The Kier molecular flexibility index (Phi) is 4.73. The molecule has 0 spiro atoms. The first-order chi connectivity index (χ1) is 9.12. The number of carboxylic acids is 2. The predicted molar refractivity (Wildman–Crippen MR) is 71.1 cm³/mol. The molecule has 1 rings (SSSR count). The average molecular weight is 284 g/mol. The molecule has 0 bridgehead atoms. The van der Waals surface area contributed by atoms with Crippen molar-refractivity contribution in [1.29, 1.82) is 0 Å². The molecule has 6 nitrogen and oxygen atoms in total. The minimum Gasteiger partial charge on any atom is -0.479 e. The molecule has 0 aliphatic heterocycles. The van der Waals surface area contributed by atoms with E-state index < -0.39 is 23.6 Å². The summed E-state index contributed by atoms with van der Waals surface area (Å²) in [6.07, 6.45) is -0.916. The van der Waals surface area contributed by atoms with E-state index in [9.17, 15) is 24.9 Å². The standard InChI is InChI=1S/C14H20O6/c1-7(2)9-5-4-8(3)10(6-9)14(20,13(18)19)11(15)12(16)17/h9,11,15,20H,1,4-6H2,2-3H3,(H,16,17)(H,18,19)/t9-,11?,14?/m1/s1. The number of hydrogen-bond acceptors (Lipinski definition) is 4. The molecule has 2 unspecified atom stereocenters. The number of hydrogen-bond donors (Lipinski definition) is 4. The van der Waals surface area contributed by atoms with Gasteiger partial charge in [-0.05, 0) is 44.6 Å². The van der Waals surface area contributed by atoms with Crippen molar-refractivity contribution in [2.24, 2.45) is 5.92 Å². The van der Waals surface area contributed by atoms with Gasteiger partial charge in [0, 0.05) is 0 Å². The van der Waals surface area contributed by atoms with Gasteiger partial charge in [0.2, 0.25) is 5.60 Å². The van der Waals surface area contributed by atoms with Crippen molar-refractivity contribution in [2.45, 2.75) is 44.8 Å². The Bertz CT molecular complexity index is 478. The molecule has 3 atom stereocenters. The van der Waals surface area contributed by atoms with Crippen LogP contribution < -0.4 is 0 Å². The zero-order valence-corrected chi connectivity index (χ0v) is 11.6. The Labute approximate surface area is 117 Å². The molecule has 6 heteroatoms. The summed E-state index contributed by atoms with van der Waals surface area (Å²) in [6.45, 7) is 7.26. The summed E-state index contributed by atoms with van der Waals surface area (Å²) in [4.78, 5) is 22.3. The topological polar surface area (TPSA) is 115 Å². The first kappa shape index (κ1) is 16.4. The van der Waals surface area contributed by atoms with Crippen LogP contribution in [0.5, 0.6) is 0 Å². The van der Waals surface area contributed by atoms with Crippen LogP contribution >= 0.6 is 0 Å². The van der Waals surface area contributed by atoms with Crippen molar-refractivity contribution in [3.8, 4) is 0 Å². The summed E-state index contributed by atoms with van der Waals surface area (Å²) in [6, 6.07) is 0. The Hall–Kier alpha value is -1.66. The first-order valence-electron chi connectivity index (χ1n) is 6.33. The van der Waals surface area contributed by atoms with Gasteiger partial charge >= 0.3 is 11.9 Å². The van der Waals surface area contributed by atoms with E-state index in [0.29, 0.717) is 12.0 Å². The number of allylic oxidation sites excluding steroid dienone is 2. The number of carbonyl (C=O) groups is 2. The van der Waals surface area contributed by atoms with Crippen LogP contribution in [-0.4, -0.2) is 44.1 Å². The summed E-state index contributed by atoms with van der Waals surface area (Å²) >= 11 is 0. The van der Waals surface area contributed by atoms with E-state index in [-0.39, 0.29) is 17.9 Å². The number of aliphatic hydroxyl groups excluding tert-OH is 1. The lowest BCUT2D eigenvalue weighted by Crippen LogP contribution is -2.55. The number of aliphatic carboxylic acids is 2. The van der Waals surface area contributed by atoms with Crippen LogP contribution in [0.4, 0.5) is 0 Å². The molecule has 0 aromatic rings. The highest BCUT2D eigenvalue weighted by atomic mass is 16.4. The zero-order chi connectivity index (χ0) is 15.7. The van der Waals surface area contributed by atoms with Gasteiger partial charge in [-0.1, -0.05) is 17.7 Å². The Morgan fingerprint density at radius 1 is 1.40 bits per heavy atom. The minimum atomic E-state index is -2.80. The van der Waals surface area contributed by atoms with E-state index in [0.717, 1.165) is 12.0 Å². The second-order valence-electron chi connectivity index (χ2n) is 5.36. The SMILES string of the molecule is C=C(C)[C@@H]1CCC(C)=C(C(O)(C(=O)O)C(O)C(=O)O)C1. The molecular weight excluding hydrogens is 264 g/mol. The zero-order valence-electron chi connectivity index (χ0n) is 11.6. The largest absolute Gasteiger partial charge is 0.479 e. The second-order valence-corrected chi connectivity index (χ2v) is 5.36.